The molecular weight excluding hydrogens is 289 g/mol. The minimum atomic E-state index is -4.16. The molecule has 0 spiro atoms. The lowest BCUT2D eigenvalue weighted by Gasteiger charge is -2.42. The molecule has 1 aliphatic rings. The Labute approximate surface area is 121 Å². The summed E-state index contributed by atoms with van der Waals surface area (Å²) in [6.07, 6.45) is -2.80. The van der Waals surface area contributed by atoms with Gasteiger partial charge >= 0.3 is 6.18 Å². The molecule has 20 heavy (non-hydrogen) atoms. The molecule has 1 aromatic carbocycles. The van der Waals surface area contributed by atoms with Gasteiger partial charge in [-0.25, -0.2) is 0 Å². The molecule has 2 rings (SSSR count). The first kappa shape index (κ1) is 15.4. The third kappa shape index (κ3) is 3.58. The molecular formula is C14H18ClF3N2. The molecule has 0 aliphatic heterocycles. The van der Waals surface area contributed by atoms with E-state index in [-0.39, 0.29) is 19.4 Å². The fourth-order valence-corrected chi connectivity index (χ4v) is 3.05. The Kier molecular flexibility index (Phi) is 4.49. The highest BCUT2D eigenvalue weighted by molar-refractivity contribution is 6.30. The standard InChI is InChI=1S/C14H18ClF3N2/c15-11-4-1-5-12(7-11)20-13(9-19)6-2-3-10(8-13)14(16,17)18/h1,4-5,7,10,20H,2-3,6,8-9,19H2. The molecule has 6 heteroatoms. The van der Waals surface area contributed by atoms with Crippen molar-refractivity contribution in [3.8, 4) is 0 Å². The van der Waals surface area contributed by atoms with Crippen LogP contribution in [0, 0.1) is 5.92 Å². The first-order valence-corrected chi connectivity index (χ1v) is 7.03. The van der Waals surface area contributed by atoms with E-state index in [1.54, 1.807) is 24.3 Å². The number of benzene rings is 1. The Balaban J connectivity index is 2.16. The summed E-state index contributed by atoms with van der Waals surface area (Å²) >= 11 is 5.90. The molecule has 0 bridgehead atoms. The maximum Gasteiger partial charge on any atom is 0.391 e. The van der Waals surface area contributed by atoms with Gasteiger partial charge in [-0.1, -0.05) is 24.1 Å². The summed E-state index contributed by atoms with van der Waals surface area (Å²) in [5.74, 6) is -1.29. The number of alkyl halides is 3. The maximum atomic E-state index is 12.9. The van der Waals surface area contributed by atoms with E-state index in [2.05, 4.69) is 5.32 Å². The van der Waals surface area contributed by atoms with Crippen molar-refractivity contribution in [2.75, 3.05) is 11.9 Å². The zero-order valence-corrected chi connectivity index (χ0v) is 11.8. The van der Waals surface area contributed by atoms with Crippen LogP contribution in [0.3, 0.4) is 0 Å². The third-order valence-corrected chi connectivity index (χ3v) is 4.17. The summed E-state index contributed by atoms with van der Waals surface area (Å²) in [5.41, 5.74) is 5.78. The average molecular weight is 307 g/mol. The van der Waals surface area contributed by atoms with Gasteiger partial charge in [-0.15, -0.1) is 0 Å². The Hall–Kier alpha value is -0.940. The molecule has 0 radical (unpaired) electrons. The molecule has 1 aliphatic carbocycles. The lowest BCUT2D eigenvalue weighted by atomic mass is 9.75. The molecule has 112 valence electrons. The first-order valence-electron chi connectivity index (χ1n) is 6.65. The summed E-state index contributed by atoms with van der Waals surface area (Å²) in [6, 6.07) is 6.98. The van der Waals surface area contributed by atoms with Crippen LogP contribution in [0.15, 0.2) is 24.3 Å². The van der Waals surface area contributed by atoms with Crippen LogP contribution >= 0.6 is 11.6 Å². The van der Waals surface area contributed by atoms with Crippen molar-refractivity contribution in [3.05, 3.63) is 29.3 Å². The Morgan fingerprint density at radius 2 is 2.15 bits per heavy atom. The van der Waals surface area contributed by atoms with Gasteiger partial charge in [-0.3, -0.25) is 0 Å². The van der Waals surface area contributed by atoms with Gasteiger partial charge in [0, 0.05) is 17.3 Å². The number of hydrogen-bond donors (Lipinski definition) is 2. The second-order valence-electron chi connectivity index (χ2n) is 5.45. The highest BCUT2D eigenvalue weighted by Crippen LogP contribution is 2.42. The van der Waals surface area contributed by atoms with E-state index >= 15 is 0 Å². The van der Waals surface area contributed by atoms with E-state index in [4.69, 9.17) is 17.3 Å². The number of rotatable bonds is 3. The van der Waals surface area contributed by atoms with Crippen LogP contribution in [0.4, 0.5) is 18.9 Å². The lowest BCUT2D eigenvalue weighted by molar-refractivity contribution is -0.185. The van der Waals surface area contributed by atoms with Gasteiger partial charge < -0.3 is 11.1 Å². The lowest BCUT2D eigenvalue weighted by Crippen LogP contribution is -2.51. The van der Waals surface area contributed by atoms with Gasteiger partial charge in [0.2, 0.25) is 0 Å². The molecule has 0 amide bonds. The normalized spacial score (nSPS) is 27.4. The van der Waals surface area contributed by atoms with Crippen LogP contribution in [0.1, 0.15) is 25.7 Å². The molecule has 1 aromatic rings. The number of nitrogens with one attached hydrogen (secondary N) is 1. The summed E-state index contributed by atoms with van der Waals surface area (Å²) in [7, 11) is 0. The SMILES string of the molecule is NCC1(Nc2cccc(Cl)c2)CCCC(C(F)(F)F)C1. The Morgan fingerprint density at radius 1 is 1.40 bits per heavy atom. The van der Waals surface area contributed by atoms with E-state index in [1.807, 2.05) is 0 Å². The summed E-state index contributed by atoms with van der Waals surface area (Å²) < 4.78 is 38.8. The highest BCUT2D eigenvalue weighted by atomic mass is 35.5. The fourth-order valence-electron chi connectivity index (χ4n) is 2.86. The number of anilines is 1. The van der Waals surface area contributed by atoms with Crippen molar-refractivity contribution in [3.63, 3.8) is 0 Å². The van der Waals surface area contributed by atoms with Gasteiger partial charge in [-0.2, -0.15) is 13.2 Å². The Morgan fingerprint density at radius 3 is 2.75 bits per heavy atom. The van der Waals surface area contributed by atoms with E-state index in [9.17, 15) is 13.2 Å². The molecule has 0 saturated heterocycles. The van der Waals surface area contributed by atoms with Gasteiger partial charge in [0.1, 0.15) is 0 Å². The van der Waals surface area contributed by atoms with Crippen LogP contribution in [0.5, 0.6) is 0 Å². The Bertz CT molecular complexity index is 464. The summed E-state index contributed by atoms with van der Waals surface area (Å²) in [5, 5.41) is 3.72. The zero-order chi connectivity index (χ0) is 14.8. The smallest absolute Gasteiger partial charge is 0.378 e. The van der Waals surface area contributed by atoms with Crippen LogP contribution < -0.4 is 11.1 Å². The second kappa shape index (κ2) is 5.82. The van der Waals surface area contributed by atoms with E-state index in [0.29, 0.717) is 23.6 Å². The van der Waals surface area contributed by atoms with Crippen molar-refractivity contribution in [2.24, 2.45) is 11.7 Å². The van der Waals surface area contributed by atoms with Gasteiger partial charge in [-0.05, 0) is 37.5 Å². The van der Waals surface area contributed by atoms with Crippen LogP contribution in [0.25, 0.3) is 0 Å². The number of hydrogen-bond acceptors (Lipinski definition) is 2. The molecule has 2 nitrogen and oxygen atoms in total. The largest absolute Gasteiger partial charge is 0.391 e. The molecule has 2 atom stereocenters. The number of nitrogens with two attached hydrogens (primary N) is 1. The molecule has 0 heterocycles. The monoisotopic (exact) mass is 306 g/mol. The van der Waals surface area contributed by atoms with Crippen molar-refractivity contribution in [1.29, 1.82) is 0 Å². The van der Waals surface area contributed by atoms with Crippen molar-refractivity contribution >= 4 is 17.3 Å². The average Bonchev–Trinajstić information content (AvgIpc) is 2.38. The van der Waals surface area contributed by atoms with E-state index in [1.165, 1.54) is 0 Å². The zero-order valence-electron chi connectivity index (χ0n) is 11.0. The summed E-state index contributed by atoms with van der Waals surface area (Å²) in [6.45, 7) is 0.173. The summed E-state index contributed by atoms with van der Waals surface area (Å²) in [4.78, 5) is 0. The highest BCUT2D eigenvalue weighted by Gasteiger charge is 2.47. The second-order valence-corrected chi connectivity index (χ2v) is 5.89. The van der Waals surface area contributed by atoms with E-state index < -0.39 is 17.6 Å². The predicted molar refractivity (Wildman–Crippen MR) is 74.9 cm³/mol. The topological polar surface area (TPSA) is 38.0 Å². The van der Waals surface area contributed by atoms with Crippen molar-refractivity contribution in [1.82, 2.24) is 0 Å². The van der Waals surface area contributed by atoms with Crippen molar-refractivity contribution < 1.29 is 13.2 Å². The molecule has 0 aromatic heterocycles. The predicted octanol–water partition coefficient (Wildman–Crippen LogP) is 4.20. The van der Waals surface area contributed by atoms with Gasteiger partial charge in [0.05, 0.1) is 11.5 Å². The fraction of sp³-hybridized carbons (Fsp3) is 0.571. The van der Waals surface area contributed by atoms with E-state index in [0.717, 1.165) is 0 Å². The quantitative estimate of drug-likeness (QED) is 0.878. The van der Waals surface area contributed by atoms with Crippen LogP contribution in [0.2, 0.25) is 5.02 Å². The maximum absolute atomic E-state index is 12.9. The van der Waals surface area contributed by atoms with Gasteiger partial charge in [0.15, 0.2) is 0 Å². The van der Waals surface area contributed by atoms with Crippen LogP contribution in [-0.4, -0.2) is 18.3 Å². The molecule has 2 unspecified atom stereocenters. The van der Waals surface area contributed by atoms with Crippen molar-refractivity contribution in [2.45, 2.75) is 37.4 Å². The minimum absolute atomic E-state index is 0.0134. The molecule has 3 N–H and O–H groups in total. The third-order valence-electron chi connectivity index (χ3n) is 3.93. The molecule has 1 saturated carbocycles. The van der Waals surface area contributed by atoms with Crippen LogP contribution in [-0.2, 0) is 0 Å². The van der Waals surface area contributed by atoms with Gasteiger partial charge in [0.25, 0.3) is 0 Å². The molecule has 1 fully saturated rings. The minimum Gasteiger partial charge on any atom is -0.378 e. The first-order chi connectivity index (χ1) is 9.35. The number of halogens is 4.